The molecular formula is C55H36N4. The molecule has 4 aromatic heterocycles. The number of aromatic nitrogens is 4. The van der Waals surface area contributed by atoms with Crippen LogP contribution in [0.1, 0.15) is 17.7 Å². The van der Waals surface area contributed by atoms with E-state index in [-0.39, 0.29) is 0 Å². The fraction of sp³-hybridized carbons (Fsp3) is 0.0364. The Balaban J connectivity index is 1.07. The van der Waals surface area contributed by atoms with Crippen molar-refractivity contribution in [1.82, 2.24) is 19.5 Å². The highest BCUT2D eigenvalue weighted by molar-refractivity contribution is 6.25. The van der Waals surface area contributed by atoms with Crippen molar-refractivity contribution in [3.63, 3.8) is 0 Å². The number of fused-ring (bicyclic) bond motifs is 7. The normalized spacial score (nSPS) is 12.5. The number of nitrogens with zero attached hydrogens (tertiary/aromatic N) is 4. The van der Waals surface area contributed by atoms with Crippen LogP contribution in [0.4, 0.5) is 0 Å². The molecule has 0 saturated carbocycles. The number of pyridine rings is 3. The number of hydrogen-bond acceptors (Lipinski definition) is 3. The minimum atomic E-state index is 0.919. The smallest absolute Gasteiger partial charge is 0.0959 e. The Labute approximate surface area is 341 Å². The highest BCUT2D eigenvalue weighted by Crippen LogP contribution is 2.47. The zero-order valence-corrected chi connectivity index (χ0v) is 32.2. The van der Waals surface area contributed by atoms with Crippen molar-refractivity contribution >= 4 is 60.2 Å². The first kappa shape index (κ1) is 33.4. The van der Waals surface area contributed by atoms with Gasteiger partial charge in [0.1, 0.15) is 0 Å². The van der Waals surface area contributed by atoms with Crippen LogP contribution in [0.25, 0.3) is 111 Å². The fourth-order valence-corrected chi connectivity index (χ4v) is 9.64. The Hall–Kier alpha value is -7.69. The van der Waals surface area contributed by atoms with Crippen LogP contribution < -0.4 is 0 Å². The molecule has 0 unspecified atom stereocenters. The molecule has 0 spiro atoms. The summed E-state index contributed by atoms with van der Waals surface area (Å²) in [6, 6.07) is 57.3. The zero-order valence-electron chi connectivity index (χ0n) is 32.2. The van der Waals surface area contributed by atoms with Crippen molar-refractivity contribution in [3.8, 4) is 50.3 Å². The Morgan fingerprint density at radius 3 is 1.86 bits per heavy atom. The molecule has 0 saturated heterocycles. The maximum atomic E-state index is 5.18. The lowest BCUT2D eigenvalue weighted by atomic mass is 9.83. The average molecular weight is 753 g/mol. The van der Waals surface area contributed by atoms with Gasteiger partial charge in [-0.05, 0) is 109 Å². The topological polar surface area (TPSA) is 43.6 Å². The highest BCUT2D eigenvalue weighted by Gasteiger charge is 2.23. The molecule has 1 aliphatic rings. The lowest BCUT2D eigenvalue weighted by Gasteiger charge is -2.20. The predicted molar refractivity (Wildman–Crippen MR) is 246 cm³/mol. The molecule has 0 aliphatic heterocycles. The maximum absolute atomic E-state index is 5.18. The lowest BCUT2D eigenvalue weighted by molar-refractivity contribution is 0.888. The van der Waals surface area contributed by atoms with E-state index in [9.17, 15) is 0 Å². The Morgan fingerprint density at radius 1 is 0.475 bits per heavy atom. The van der Waals surface area contributed by atoms with Crippen molar-refractivity contribution in [1.29, 1.82) is 0 Å². The summed E-state index contributed by atoms with van der Waals surface area (Å²) in [4.78, 5) is 14.6. The van der Waals surface area contributed by atoms with Gasteiger partial charge < -0.3 is 4.57 Å². The molecule has 0 radical (unpaired) electrons. The monoisotopic (exact) mass is 752 g/mol. The minimum absolute atomic E-state index is 0.919. The van der Waals surface area contributed by atoms with Crippen LogP contribution in [0, 0.1) is 0 Å². The van der Waals surface area contributed by atoms with E-state index in [0.29, 0.717) is 0 Å². The van der Waals surface area contributed by atoms with Crippen molar-refractivity contribution in [2.75, 3.05) is 0 Å². The number of rotatable bonds is 5. The van der Waals surface area contributed by atoms with Gasteiger partial charge in [-0.25, -0.2) is 0 Å². The third kappa shape index (κ3) is 5.27. The molecule has 0 bridgehead atoms. The second-order valence-electron chi connectivity index (χ2n) is 15.4. The fourth-order valence-electron chi connectivity index (χ4n) is 9.64. The van der Waals surface area contributed by atoms with Gasteiger partial charge in [0, 0.05) is 52.7 Å². The lowest BCUT2D eigenvalue weighted by Crippen LogP contribution is -2.05. The summed E-state index contributed by atoms with van der Waals surface area (Å²) in [5.74, 6) is 0. The van der Waals surface area contributed by atoms with Gasteiger partial charge >= 0.3 is 0 Å². The van der Waals surface area contributed by atoms with E-state index in [0.717, 1.165) is 51.9 Å². The Kier molecular flexibility index (Phi) is 7.63. The molecule has 0 amide bonds. The van der Waals surface area contributed by atoms with Crippen LogP contribution in [0.2, 0.25) is 0 Å². The van der Waals surface area contributed by atoms with E-state index >= 15 is 0 Å². The molecule has 0 atom stereocenters. The molecule has 4 nitrogen and oxygen atoms in total. The van der Waals surface area contributed by atoms with Gasteiger partial charge in [0.25, 0.3) is 0 Å². The molecule has 4 heterocycles. The third-order valence-electron chi connectivity index (χ3n) is 12.2. The summed E-state index contributed by atoms with van der Waals surface area (Å²) in [7, 11) is 0. The number of benzene rings is 7. The Bertz CT molecular complexity index is 3490. The van der Waals surface area contributed by atoms with Crippen molar-refractivity contribution in [3.05, 3.63) is 200 Å². The van der Waals surface area contributed by atoms with E-state index in [4.69, 9.17) is 9.97 Å². The molecule has 11 aromatic rings. The molecule has 1 aliphatic carbocycles. The van der Waals surface area contributed by atoms with E-state index in [1.807, 2.05) is 30.9 Å². The van der Waals surface area contributed by atoms with E-state index in [1.54, 1.807) is 0 Å². The van der Waals surface area contributed by atoms with Crippen LogP contribution in [-0.2, 0) is 6.42 Å². The standard InChI is InChI=1S/C55H36N4/c1-3-16-39-35(12-1)14-9-21-41(39)53-43-18-5-6-19-44(43)54(42-22-10-15-36-13-2-4-17-40(36)42)47-32-37(25-27-45(47)53)49-28-26-38(33-58-49)48-34-56-31-29-51(48)59-50-23-8-7-20-46(50)55-52(59)24-11-30-57-55/h1-7,9-22,24-34H,8,23H2. The number of hydrogen-bond donors (Lipinski definition) is 0. The van der Waals surface area contributed by atoms with Crippen LogP contribution in [0.5, 0.6) is 0 Å². The van der Waals surface area contributed by atoms with Crippen molar-refractivity contribution in [2.24, 2.45) is 0 Å². The van der Waals surface area contributed by atoms with E-state index in [2.05, 4.69) is 173 Å². The molecule has 59 heavy (non-hydrogen) atoms. The van der Waals surface area contributed by atoms with Crippen LogP contribution >= 0.6 is 0 Å². The van der Waals surface area contributed by atoms with E-state index in [1.165, 1.54) is 76.6 Å². The quantitative estimate of drug-likeness (QED) is 0.164. The molecule has 7 aromatic carbocycles. The molecule has 4 heteroatoms. The second kappa shape index (κ2) is 13.5. The molecule has 0 N–H and O–H groups in total. The largest absolute Gasteiger partial charge is 0.311 e. The molecular weight excluding hydrogens is 717 g/mol. The first-order valence-electron chi connectivity index (χ1n) is 20.3. The molecule has 12 rings (SSSR count). The van der Waals surface area contributed by atoms with Crippen LogP contribution in [0.3, 0.4) is 0 Å². The summed E-state index contributed by atoms with van der Waals surface area (Å²) in [5.41, 5.74) is 14.7. The SMILES string of the molecule is C1=Cc2c(n(-c3ccncc3-c3ccc(-c4ccc5c(-c6cccc7ccccc67)c6ccccc6c(-c6cccc7ccccc67)c5c4)nc3)c3cccnc23)CC1. The average Bonchev–Trinajstić information content (AvgIpc) is 3.64. The van der Waals surface area contributed by atoms with E-state index < -0.39 is 0 Å². The van der Waals surface area contributed by atoms with Gasteiger partial charge in [0.05, 0.1) is 22.4 Å². The maximum Gasteiger partial charge on any atom is 0.0959 e. The minimum Gasteiger partial charge on any atom is -0.311 e. The Morgan fingerprint density at radius 2 is 1.14 bits per heavy atom. The predicted octanol–water partition coefficient (Wildman–Crippen LogP) is 14.1. The van der Waals surface area contributed by atoms with Gasteiger partial charge in [-0.15, -0.1) is 0 Å². The van der Waals surface area contributed by atoms with Gasteiger partial charge in [0.15, 0.2) is 0 Å². The van der Waals surface area contributed by atoms with Gasteiger partial charge in [-0.2, -0.15) is 0 Å². The second-order valence-corrected chi connectivity index (χ2v) is 15.4. The highest BCUT2D eigenvalue weighted by atomic mass is 15.0. The van der Waals surface area contributed by atoms with Gasteiger partial charge in [-0.1, -0.05) is 140 Å². The van der Waals surface area contributed by atoms with Crippen molar-refractivity contribution in [2.45, 2.75) is 12.8 Å². The van der Waals surface area contributed by atoms with Crippen LogP contribution in [0.15, 0.2) is 189 Å². The summed E-state index contributed by atoms with van der Waals surface area (Å²) in [5, 5.41) is 9.84. The zero-order chi connectivity index (χ0) is 38.9. The van der Waals surface area contributed by atoms with Gasteiger partial charge in [-0.3, -0.25) is 15.0 Å². The van der Waals surface area contributed by atoms with Crippen LogP contribution in [-0.4, -0.2) is 19.5 Å². The third-order valence-corrected chi connectivity index (χ3v) is 12.2. The summed E-state index contributed by atoms with van der Waals surface area (Å²) >= 11 is 0. The summed E-state index contributed by atoms with van der Waals surface area (Å²) < 4.78 is 2.38. The van der Waals surface area contributed by atoms with Crippen molar-refractivity contribution < 1.29 is 0 Å². The molecule has 276 valence electrons. The summed E-state index contributed by atoms with van der Waals surface area (Å²) in [6.07, 6.45) is 14.2. The molecule has 0 fully saturated rings. The summed E-state index contributed by atoms with van der Waals surface area (Å²) in [6.45, 7) is 0. The number of allylic oxidation sites excluding steroid dienone is 1. The first-order valence-corrected chi connectivity index (χ1v) is 20.3. The first-order chi connectivity index (χ1) is 29.3. The van der Waals surface area contributed by atoms with Gasteiger partial charge in [0.2, 0.25) is 0 Å².